The zero-order valence-corrected chi connectivity index (χ0v) is 36.2. The molecule has 2 aliphatic heterocycles. The maximum absolute atomic E-state index is 12.3. The molecule has 19 heteroatoms. The Morgan fingerprint density at radius 3 is 2.05 bits per heavy atom. The molecule has 0 aromatic heterocycles. The second-order valence-corrected chi connectivity index (χ2v) is 19.3. The molecule has 4 rings (SSSR count). The van der Waals surface area contributed by atoms with Crippen LogP contribution in [0, 0.1) is 0 Å². The first-order valence-electron chi connectivity index (χ1n) is 19.1. The second kappa shape index (κ2) is 20.2. The van der Waals surface area contributed by atoms with E-state index in [0.29, 0.717) is 87.7 Å². The van der Waals surface area contributed by atoms with Gasteiger partial charge in [-0.3, -0.25) is 18.5 Å². The predicted octanol–water partition coefficient (Wildman–Crippen LogP) is 5.32. The van der Waals surface area contributed by atoms with E-state index in [1.54, 1.807) is 38.5 Å². The van der Waals surface area contributed by atoms with Gasteiger partial charge in [0.05, 0.1) is 34.2 Å². The number of methoxy groups -OCH3 is 2. The van der Waals surface area contributed by atoms with Gasteiger partial charge in [-0.05, 0) is 87.9 Å². The van der Waals surface area contributed by atoms with Crippen LogP contribution in [0.1, 0.15) is 69.9 Å². The molecule has 59 heavy (non-hydrogen) atoms. The van der Waals surface area contributed by atoms with Crippen molar-refractivity contribution < 1.29 is 67.6 Å². The molecule has 2 aromatic rings. The average Bonchev–Trinajstić information content (AvgIpc) is 3.51. The van der Waals surface area contributed by atoms with Gasteiger partial charge in [0.15, 0.2) is 12.3 Å². The van der Waals surface area contributed by atoms with Crippen LogP contribution in [0.25, 0.3) is 0 Å². The molecule has 326 valence electrons. The molecule has 0 bridgehead atoms. The number of aliphatic carboxylic acids is 1. The lowest BCUT2D eigenvalue weighted by Crippen LogP contribution is -2.32. The number of benzene rings is 2. The number of rotatable bonds is 24. The van der Waals surface area contributed by atoms with Crippen LogP contribution >= 0.6 is 0 Å². The standard InChI is InChI=1S/C40H54N2O14S3/c1-39(19-11-27-57(45,46)47)32-28-30(58(48,49)50)16-18-35(32)42(22-24-54-3)36(39)12-7-5-8-13-37-40(2,20-23-56-26-25-55-4)33-29-31(59(51,52)53)15-17-34(33)41(37)21-10-6-9-14-38(43)44/h5,7-8,12-13,15-18,28-29H,6,9-11,14,19-27H2,1-4H3,(H3-,43,44,45,46,47,48,49,50,51,52,53)/p+1. The molecule has 2 aromatic carbocycles. The van der Waals surface area contributed by atoms with Gasteiger partial charge in [0, 0.05) is 68.3 Å². The number of hydrogen-bond acceptors (Lipinski definition) is 11. The smallest absolute Gasteiger partial charge is 0.303 e. The number of nitrogens with zero attached hydrogens (tertiary/aromatic N) is 2. The topological polar surface area (TPSA) is 234 Å². The lowest BCUT2D eigenvalue weighted by Gasteiger charge is -2.30. The molecule has 2 unspecified atom stereocenters. The van der Waals surface area contributed by atoms with E-state index >= 15 is 0 Å². The van der Waals surface area contributed by atoms with Crippen LogP contribution < -0.4 is 4.90 Å². The van der Waals surface area contributed by atoms with Crippen molar-refractivity contribution in [1.29, 1.82) is 0 Å². The fourth-order valence-corrected chi connectivity index (χ4v) is 9.31. The van der Waals surface area contributed by atoms with E-state index in [2.05, 4.69) is 4.90 Å². The predicted molar refractivity (Wildman–Crippen MR) is 222 cm³/mol. The summed E-state index contributed by atoms with van der Waals surface area (Å²) in [4.78, 5) is 12.7. The highest BCUT2D eigenvalue weighted by molar-refractivity contribution is 7.86. The molecule has 0 fully saturated rings. The Kier molecular flexibility index (Phi) is 16.4. The van der Waals surface area contributed by atoms with Crippen molar-refractivity contribution in [2.75, 3.05) is 64.4 Å². The van der Waals surface area contributed by atoms with E-state index in [0.717, 1.165) is 11.4 Å². The first-order valence-corrected chi connectivity index (χ1v) is 23.6. The van der Waals surface area contributed by atoms with E-state index < -0.39 is 52.9 Å². The summed E-state index contributed by atoms with van der Waals surface area (Å²) in [5.74, 6) is -1.39. The first kappa shape index (κ1) is 47.9. The van der Waals surface area contributed by atoms with Crippen LogP contribution in [-0.2, 0) is 60.2 Å². The zero-order valence-electron chi connectivity index (χ0n) is 33.7. The van der Waals surface area contributed by atoms with Gasteiger partial charge in [0.2, 0.25) is 5.69 Å². The summed E-state index contributed by atoms with van der Waals surface area (Å²) in [5, 5.41) is 9.14. The Morgan fingerprint density at radius 2 is 1.42 bits per heavy atom. The summed E-state index contributed by atoms with van der Waals surface area (Å²) in [6, 6.07) is 8.73. The Hall–Kier alpha value is -3.79. The van der Waals surface area contributed by atoms with E-state index in [4.69, 9.17) is 19.3 Å². The molecular formula is C40H55N2O14S3+. The fourth-order valence-electron chi connectivity index (χ4n) is 7.78. The SMILES string of the molecule is COCCOCCC1(C)C(=CC=CC=CC2=[N+](CCOC)c3ccc(S(=O)(=O)O)cc3C2(C)CCCS(=O)(=O)O)N(CCCCCC(=O)O)c2ccc(S(=O)(=O)O)cc21. The van der Waals surface area contributed by atoms with Crippen LogP contribution in [0.5, 0.6) is 0 Å². The minimum absolute atomic E-state index is 0.0386. The van der Waals surface area contributed by atoms with Gasteiger partial charge in [0.25, 0.3) is 30.4 Å². The van der Waals surface area contributed by atoms with E-state index in [-0.39, 0.29) is 29.1 Å². The normalized spacial score (nSPS) is 20.4. The molecule has 0 radical (unpaired) electrons. The van der Waals surface area contributed by atoms with E-state index in [9.17, 15) is 43.7 Å². The van der Waals surface area contributed by atoms with Gasteiger partial charge < -0.3 is 24.2 Å². The fraction of sp³-hybridized carbons (Fsp3) is 0.500. The van der Waals surface area contributed by atoms with Gasteiger partial charge in [0.1, 0.15) is 6.61 Å². The minimum Gasteiger partial charge on any atom is -0.481 e. The number of anilines is 1. The van der Waals surface area contributed by atoms with Gasteiger partial charge in [-0.1, -0.05) is 24.6 Å². The molecule has 0 saturated heterocycles. The lowest BCUT2D eigenvalue weighted by atomic mass is 9.76. The summed E-state index contributed by atoms with van der Waals surface area (Å²) in [7, 11) is -10.3. The Bertz CT molecular complexity index is 2300. The van der Waals surface area contributed by atoms with Crippen LogP contribution in [0.3, 0.4) is 0 Å². The third-order valence-corrected chi connectivity index (χ3v) is 13.3. The van der Waals surface area contributed by atoms with Gasteiger partial charge in [-0.25, -0.2) is 0 Å². The number of carboxylic acid groups (broad SMARTS) is 1. The van der Waals surface area contributed by atoms with E-state index in [1.807, 2.05) is 36.7 Å². The third-order valence-electron chi connectivity index (χ3n) is 10.8. The summed E-state index contributed by atoms with van der Waals surface area (Å²) in [6.45, 7) is 5.97. The maximum Gasteiger partial charge on any atom is 0.303 e. The number of carboxylic acids is 1. The first-order chi connectivity index (χ1) is 27.7. The van der Waals surface area contributed by atoms with Crippen molar-refractivity contribution in [3.8, 4) is 0 Å². The van der Waals surface area contributed by atoms with Gasteiger partial charge >= 0.3 is 5.97 Å². The highest BCUT2D eigenvalue weighted by Crippen LogP contribution is 2.51. The summed E-state index contributed by atoms with van der Waals surface area (Å²) in [6.07, 6.45) is 11.6. The Labute approximate surface area is 347 Å². The molecule has 16 nitrogen and oxygen atoms in total. The van der Waals surface area contributed by atoms with Gasteiger partial charge in [-0.15, -0.1) is 0 Å². The molecular weight excluding hydrogens is 829 g/mol. The van der Waals surface area contributed by atoms with Crippen LogP contribution in [0.2, 0.25) is 0 Å². The van der Waals surface area contributed by atoms with Crippen LogP contribution in [0.4, 0.5) is 11.4 Å². The second-order valence-electron chi connectivity index (χ2n) is 14.9. The van der Waals surface area contributed by atoms with Crippen molar-refractivity contribution >= 4 is 53.4 Å². The van der Waals surface area contributed by atoms with Gasteiger partial charge in [-0.2, -0.15) is 29.8 Å². The summed E-state index contributed by atoms with van der Waals surface area (Å²) < 4.78 is 120. The molecule has 0 amide bonds. The molecule has 0 spiro atoms. The van der Waals surface area contributed by atoms with E-state index in [1.165, 1.54) is 24.3 Å². The molecule has 2 heterocycles. The number of carbonyl (C=O) groups is 1. The van der Waals surface area contributed by atoms with Crippen molar-refractivity contribution in [3.05, 3.63) is 83.6 Å². The maximum atomic E-state index is 12.3. The molecule has 4 N–H and O–H groups in total. The summed E-state index contributed by atoms with van der Waals surface area (Å²) in [5.41, 5.74) is 2.34. The highest BCUT2D eigenvalue weighted by atomic mass is 32.2. The number of allylic oxidation sites excluding steroid dienone is 6. The largest absolute Gasteiger partial charge is 0.481 e. The van der Waals surface area contributed by atoms with Crippen LogP contribution in [-0.4, -0.2) is 120 Å². The number of fused-ring (bicyclic) bond motifs is 2. The quantitative estimate of drug-likeness (QED) is 0.0452. The monoisotopic (exact) mass is 883 g/mol. The number of hydrogen-bond donors (Lipinski definition) is 4. The zero-order chi connectivity index (χ0) is 43.6. The molecule has 0 aliphatic carbocycles. The molecule has 2 atom stereocenters. The highest BCUT2D eigenvalue weighted by Gasteiger charge is 2.48. The summed E-state index contributed by atoms with van der Waals surface area (Å²) >= 11 is 0. The Balaban J connectivity index is 1.79. The van der Waals surface area contributed by atoms with Crippen molar-refractivity contribution in [1.82, 2.24) is 0 Å². The Morgan fingerprint density at radius 1 is 0.763 bits per heavy atom. The van der Waals surface area contributed by atoms with Crippen LogP contribution in [0.15, 0.2) is 82.3 Å². The molecule has 2 aliphatic rings. The third kappa shape index (κ3) is 12.2. The lowest BCUT2D eigenvalue weighted by molar-refractivity contribution is -0.441. The average molecular weight is 884 g/mol. The molecule has 0 saturated carbocycles. The van der Waals surface area contributed by atoms with Crippen molar-refractivity contribution in [2.24, 2.45) is 0 Å². The number of ether oxygens (including phenoxy) is 3. The number of unbranched alkanes of at least 4 members (excludes halogenated alkanes) is 2. The van der Waals surface area contributed by atoms with Crippen molar-refractivity contribution in [2.45, 2.75) is 79.4 Å². The van der Waals surface area contributed by atoms with Crippen molar-refractivity contribution in [3.63, 3.8) is 0 Å². The minimum atomic E-state index is -4.58.